The summed E-state index contributed by atoms with van der Waals surface area (Å²) in [5.41, 5.74) is -0.948. The molecule has 1 aliphatic heterocycles. The third kappa shape index (κ3) is 5.65. The number of hydrogen-bond donors (Lipinski definition) is 1. The molecule has 2 aromatic carbocycles. The highest BCUT2D eigenvalue weighted by Gasteiger charge is 2.33. The average molecular weight is 606 g/mol. The lowest BCUT2D eigenvalue weighted by Crippen LogP contribution is -2.41. The summed E-state index contributed by atoms with van der Waals surface area (Å²) in [7, 11) is -1.55. The monoisotopic (exact) mass is 605 g/mol. The number of rotatable bonds is 7. The van der Waals surface area contributed by atoms with Gasteiger partial charge in [0, 0.05) is 49.1 Å². The number of nitrogens with zero attached hydrogens (tertiary/aromatic N) is 4. The fourth-order valence-corrected chi connectivity index (χ4v) is 5.84. The molecule has 42 heavy (non-hydrogen) atoms. The van der Waals surface area contributed by atoms with Crippen molar-refractivity contribution in [2.45, 2.75) is 19.1 Å². The molecule has 10 nitrogen and oxygen atoms in total. The summed E-state index contributed by atoms with van der Waals surface area (Å²) >= 11 is 0. The van der Waals surface area contributed by atoms with Crippen LogP contribution in [0.4, 0.5) is 23.4 Å². The maximum Gasteiger partial charge on any atom is 0.416 e. The molecule has 0 saturated heterocycles. The highest BCUT2D eigenvalue weighted by molar-refractivity contribution is 7.90. The lowest BCUT2D eigenvalue weighted by Gasteiger charge is -2.30. The SMILES string of the molecule is COc1cc(-c2cc(OC)c(-n3c4c(ccc3=O)CN(S(=O)(=O)Nc3cccnn3)CC4)cc2F)cc(C(F)(F)F)c1. The zero-order valence-electron chi connectivity index (χ0n) is 22.1. The number of fused-ring (bicyclic) bond motifs is 1. The Bertz CT molecular complexity index is 1810. The first-order valence-electron chi connectivity index (χ1n) is 12.3. The Labute approximate surface area is 237 Å². The van der Waals surface area contributed by atoms with Crippen LogP contribution in [0.25, 0.3) is 16.8 Å². The van der Waals surface area contributed by atoms with Crippen LogP contribution in [0.1, 0.15) is 16.8 Å². The van der Waals surface area contributed by atoms with E-state index in [9.17, 15) is 26.4 Å². The second-order valence-electron chi connectivity index (χ2n) is 9.23. The molecule has 0 saturated carbocycles. The molecule has 5 rings (SSSR count). The maximum absolute atomic E-state index is 15.6. The van der Waals surface area contributed by atoms with Crippen molar-refractivity contribution in [3.63, 3.8) is 0 Å². The largest absolute Gasteiger partial charge is 0.497 e. The standard InChI is InChI=1S/C27H23F4N5O5S/c1-40-19-11-17(10-18(12-19)27(29,30)31)20-13-24(41-2)23(14-21(20)28)36-22-7-9-35(15-16(22)5-6-26(36)37)42(38,39)34-25-4-3-8-32-33-25/h3-6,8,10-14H,7,9,15H2,1-2H3,(H,33,34). The summed E-state index contributed by atoms with van der Waals surface area (Å²) in [5, 5.41) is 7.37. The summed E-state index contributed by atoms with van der Waals surface area (Å²) in [6.45, 7) is -0.114. The predicted molar refractivity (Wildman–Crippen MR) is 144 cm³/mol. The van der Waals surface area contributed by atoms with Crippen molar-refractivity contribution in [1.29, 1.82) is 0 Å². The Hall–Kier alpha value is -4.50. The van der Waals surface area contributed by atoms with Crippen LogP contribution in [-0.2, 0) is 29.4 Å². The molecule has 1 N–H and O–H groups in total. The smallest absolute Gasteiger partial charge is 0.416 e. The van der Waals surface area contributed by atoms with E-state index in [1.54, 1.807) is 0 Å². The van der Waals surface area contributed by atoms with Crippen LogP contribution in [0.5, 0.6) is 11.5 Å². The quantitative estimate of drug-likeness (QED) is 0.314. The molecule has 15 heteroatoms. The van der Waals surface area contributed by atoms with Crippen LogP contribution in [0.2, 0.25) is 0 Å². The van der Waals surface area contributed by atoms with Crippen LogP contribution in [0.3, 0.4) is 0 Å². The van der Waals surface area contributed by atoms with E-state index in [1.165, 1.54) is 65.7 Å². The molecule has 220 valence electrons. The second-order valence-corrected chi connectivity index (χ2v) is 10.9. The van der Waals surface area contributed by atoms with Gasteiger partial charge in [-0.1, -0.05) is 6.07 Å². The van der Waals surface area contributed by atoms with E-state index < -0.39 is 33.3 Å². The van der Waals surface area contributed by atoms with Crippen LogP contribution in [0.15, 0.2) is 65.6 Å². The van der Waals surface area contributed by atoms with Gasteiger partial charge in [-0.25, -0.2) is 4.39 Å². The van der Waals surface area contributed by atoms with Gasteiger partial charge in [-0.3, -0.25) is 14.1 Å². The molecule has 2 aromatic heterocycles. The van der Waals surface area contributed by atoms with Gasteiger partial charge < -0.3 is 9.47 Å². The van der Waals surface area contributed by atoms with Crippen molar-refractivity contribution in [3.8, 4) is 28.3 Å². The van der Waals surface area contributed by atoms with Gasteiger partial charge in [0.2, 0.25) is 0 Å². The van der Waals surface area contributed by atoms with Gasteiger partial charge in [0.1, 0.15) is 17.3 Å². The molecule has 0 atom stereocenters. The molecular formula is C27H23F4N5O5S. The van der Waals surface area contributed by atoms with Gasteiger partial charge >= 0.3 is 16.4 Å². The number of hydrogen-bond acceptors (Lipinski definition) is 7. The third-order valence-corrected chi connectivity index (χ3v) is 8.13. The van der Waals surface area contributed by atoms with Crippen molar-refractivity contribution < 1.29 is 35.5 Å². The normalized spacial score (nSPS) is 13.9. The maximum atomic E-state index is 15.6. The number of alkyl halides is 3. The topological polar surface area (TPSA) is 116 Å². The first-order chi connectivity index (χ1) is 19.9. The minimum Gasteiger partial charge on any atom is -0.497 e. The van der Waals surface area contributed by atoms with Crippen molar-refractivity contribution in [2.75, 3.05) is 25.5 Å². The fourth-order valence-electron chi connectivity index (χ4n) is 4.70. The van der Waals surface area contributed by atoms with Crippen molar-refractivity contribution in [3.05, 3.63) is 93.8 Å². The Morgan fingerprint density at radius 2 is 1.81 bits per heavy atom. The van der Waals surface area contributed by atoms with Crippen LogP contribution in [-0.4, -0.2) is 48.3 Å². The van der Waals surface area contributed by atoms with Crippen molar-refractivity contribution in [1.82, 2.24) is 19.1 Å². The Morgan fingerprint density at radius 3 is 2.48 bits per heavy atom. The molecule has 0 aliphatic carbocycles. The molecule has 4 aromatic rings. The predicted octanol–water partition coefficient (Wildman–Crippen LogP) is 4.18. The zero-order chi connectivity index (χ0) is 30.2. The Kier molecular flexibility index (Phi) is 7.64. The molecule has 0 spiro atoms. The minimum atomic E-state index is -4.70. The molecule has 0 bridgehead atoms. The minimum absolute atomic E-state index is 0.00790. The van der Waals surface area contributed by atoms with Crippen molar-refractivity contribution in [2.24, 2.45) is 0 Å². The Balaban J connectivity index is 1.55. The highest BCUT2D eigenvalue weighted by atomic mass is 32.2. The molecule has 0 unspecified atom stereocenters. The van der Waals surface area contributed by atoms with E-state index in [4.69, 9.17) is 9.47 Å². The van der Waals surface area contributed by atoms with E-state index in [0.29, 0.717) is 11.3 Å². The van der Waals surface area contributed by atoms with Gasteiger partial charge in [0.05, 0.1) is 25.5 Å². The third-order valence-electron chi connectivity index (χ3n) is 6.67. The molecule has 0 radical (unpaired) electrons. The fraction of sp³-hybridized carbons (Fsp3) is 0.222. The number of benzene rings is 2. The lowest BCUT2D eigenvalue weighted by atomic mass is 10.00. The number of anilines is 1. The van der Waals surface area contributed by atoms with Gasteiger partial charge in [-0.2, -0.15) is 31.0 Å². The molecule has 0 amide bonds. The molecule has 0 fully saturated rings. The number of ether oxygens (including phenoxy) is 2. The molecular weight excluding hydrogens is 582 g/mol. The average Bonchev–Trinajstić information content (AvgIpc) is 2.96. The van der Waals surface area contributed by atoms with Crippen LogP contribution in [0, 0.1) is 5.82 Å². The summed E-state index contributed by atoms with van der Waals surface area (Å²) in [4.78, 5) is 13.1. The van der Waals surface area contributed by atoms with E-state index in [2.05, 4.69) is 14.9 Å². The summed E-state index contributed by atoms with van der Waals surface area (Å²) in [6.07, 6.45) is -3.22. The lowest BCUT2D eigenvalue weighted by molar-refractivity contribution is -0.137. The van der Waals surface area contributed by atoms with E-state index in [1.807, 2.05) is 0 Å². The zero-order valence-corrected chi connectivity index (χ0v) is 23.0. The first-order valence-corrected chi connectivity index (χ1v) is 13.8. The van der Waals surface area contributed by atoms with Gasteiger partial charge in [-0.05, 0) is 47.5 Å². The summed E-state index contributed by atoms with van der Waals surface area (Å²) in [5.74, 6) is -0.988. The summed E-state index contributed by atoms with van der Waals surface area (Å²) < 4.78 is 97.1. The number of pyridine rings is 1. The molecule has 1 aliphatic rings. The van der Waals surface area contributed by atoms with Gasteiger partial charge in [0.25, 0.3) is 5.56 Å². The first kappa shape index (κ1) is 29.0. The van der Waals surface area contributed by atoms with E-state index >= 15 is 4.39 Å². The highest BCUT2D eigenvalue weighted by Crippen LogP contribution is 2.39. The van der Waals surface area contributed by atoms with E-state index in [0.717, 1.165) is 18.2 Å². The van der Waals surface area contributed by atoms with Crippen molar-refractivity contribution >= 4 is 16.0 Å². The van der Waals surface area contributed by atoms with Gasteiger partial charge in [-0.15, -0.1) is 5.10 Å². The molecule has 3 heterocycles. The van der Waals surface area contributed by atoms with Crippen LogP contribution >= 0.6 is 0 Å². The number of halogens is 4. The van der Waals surface area contributed by atoms with Crippen LogP contribution < -0.4 is 19.8 Å². The number of nitrogens with one attached hydrogen (secondary N) is 1. The Morgan fingerprint density at radius 1 is 1.02 bits per heavy atom. The number of aromatic nitrogens is 3. The summed E-state index contributed by atoms with van der Waals surface area (Å²) in [6, 6.07) is 10.7. The van der Waals surface area contributed by atoms with Gasteiger partial charge in [0.15, 0.2) is 5.82 Å². The number of methoxy groups -OCH3 is 2. The van der Waals surface area contributed by atoms with E-state index in [-0.39, 0.29) is 53.6 Å². The second kappa shape index (κ2) is 11.1.